The second-order valence-electron chi connectivity index (χ2n) is 10.0. The molecule has 2 rings (SSSR count). The summed E-state index contributed by atoms with van der Waals surface area (Å²) >= 11 is 0. The molecule has 0 amide bonds. The summed E-state index contributed by atoms with van der Waals surface area (Å²) in [6.45, 7) is 10.7. The number of carbonyl (C=O) groups excluding carboxylic acids is 2. The van der Waals surface area contributed by atoms with Crippen molar-refractivity contribution in [2.24, 2.45) is 0 Å². The maximum atomic E-state index is 11.5. The molecule has 1 atom stereocenters. The molecular formula is C29H45BO6. The van der Waals surface area contributed by atoms with E-state index in [1.165, 1.54) is 11.1 Å². The van der Waals surface area contributed by atoms with Crippen LogP contribution in [0.5, 0.6) is 0 Å². The highest BCUT2D eigenvalue weighted by atomic mass is 16.7. The Bertz CT molecular complexity index is 804. The molecule has 1 aliphatic heterocycles. The van der Waals surface area contributed by atoms with Crippen LogP contribution in [0.25, 0.3) is 6.08 Å². The zero-order valence-electron chi connectivity index (χ0n) is 23.0. The van der Waals surface area contributed by atoms with Gasteiger partial charge in [0.1, 0.15) is 0 Å². The quantitative estimate of drug-likeness (QED) is 0.151. The van der Waals surface area contributed by atoms with Crippen molar-refractivity contribution in [3.63, 3.8) is 0 Å². The van der Waals surface area contributed by atoms with Gasteiger partial charge in [0.05, 0.1) is 24.9 Å². The van der Waals surface area contributed by atoms with Gasteiger partial charge in [-0.15, -0.1) is 0 Å². The van der Waals surface area contributed by atoms with Crippen molar-refractivity contribution < 1.29 is 28.4 Å². The van der Waals surface area contributed by atoms with E-state index in [0.29, 0.717) is 26.1 Å². The molecule has 1 aliphatic rings. The van der Waals surface area contributed by atoms with Crippen LogP contribution < -0.4 is 0 Å². The Hall–Kier alpha value is -2.12. The molecule has 36 heavy (non-hydrogen) atoms. The van der Waals surface area contributed by atoms with E-state index in [9.17, 15) is 9.59 Å². The summed E-state index contributed by atoms with van der Waals surface area (Å²) in [4.78, 5) is 23.1. The van der Waals surface area contributed by atoms with Gasteiger partial charge in [0, 0.05) is 12.8 Å². The fraction of sp³-hybridized carbons (Fsp3) is 0.655. The first kappa shape index (κ1) is 30.1. The Morgan fingerprint density at radius 2 is 1.42 bits per heavy atom. The highest BCUT2D eigenvalue weighted by Crippen LogP contribution is 2.28. The summed E-state index contributed by atoms with van der Waals surface area (Å²) in [5.41, 5.74) is 3.45. The minimum Gasteiger partial charge on any atom is -0.466 e. The molecule has 7 heteroatoms. The summed E-state index contributed by atoms with van der Waals surface area (Å²) in [5.74, 6) is 1.78. The van der Waals surface area contributed by atoms with Crippen LogP contribution in [0.3, 0.4) is 0 Å². The normalized spacial score (nSPS) is 17.0. The Labute approximate surface area is 218 Å². The van der Waals surface area contributed by atoms with Crippen molar-refractivity contribution in [1.82, 2.24) is 0 Å². The molecule has 1 heterocycles. The molecule has 0 radical (unpaired) electrons. The Kier molecular flexibility index (Phi) is 13.3. The number of esters is 2. The molecule has 0 bridgehead atoms. The van der Waals surface area contributed by atoms with E-state index in [1.54, 1.807) is 0 Å². The van der Waals surface area contributed by atoms with Gasteiger partial charge in [0.2, 0.25) is 0 Å². The molecule has 0 aliphatic carbocycles. The van der Waals surface area contributed by atoms with Crippen LogP contribution in [0.4, 0.5) is 0 Å². The number of hydrogen-bond acceptors (Lipinski definition) is 6. The predicted molar refractivity (Wildman–Crippen MR) is 145 cm³/mol. The molecule has 1 unspecified atom stereocenters. The van der Waals surface area contributed by atoms with Gasteiger partial charge >= 0.3 is 19.1 Å². The molecule has 6 nitrogen and oxygen atoms in total. The highest BCUT2D eigenvalue weighted by Gasteiger charge is 2.41. The second kappa shape index (κ2) is 15.9. The number of benzene rings is 1. The van der Waals surface area contributed by atoms with E-state index >= 15 is 0 Å². The third-order valence-electron chi connectivity index (χ3n) is 6.56. The number of hydrogen-bond donors (Lipinski definition) is 0. The minimum absolute atomic E-state index is 0.0401. The molecule has 200 valence electrons. The van der Waals surface area contributed by atoms with Crippen LogP contribution in [-0.4, -0.2) is 44.0 Å². The number of aryl methyl sites for hydroxylation is 2. The van der Waals surface area contributed by atoms with Gasteiger partial charge < -0.3 is 18.8 Å². The van der Waals surface area contributed by atoms with Crippen molar-refractivity contribution >= 4 is 25.1 Å². The molecule has 1 saturated heterocycles. The molecule has 0 saturated carbocycles. The maximum Gasteiger partial charge on any atom is 0.486 e. The summed E-state index contributed by atoms with van der Waals surface area (Å²) in [6, 6.07) is 6.76. The Morgan fingerprint density at radius 3 is 1.86 bits per heavy atom. The molecule has 0 spiro atoms. The van der Waals surface area contributed by atoms with E-state index in [2.05, 4.69) is 24.3 Å². The fourth-order valence-corrected chi connectivity index (χ4v) is 4.26. The number of ether oxygens (including phenoxy) is 2. The molecule has 1 aromatic rings. The third-order valence-corrected chi connectivity index (χ3v) is 6.56. The zero-order chi connectivity index (χ0) is 26.4. The van der Waals surface area contributed by atoms with Crippen LogP contribution in [0, 0.1) is 0 Å². The molecular weight excluding hydrogens is 455 g/mol. The zero-order valence-corrected chi connectivity index (χ0v) is 23.0. The van der Waals surface area contributed by atoms with Crippen LogP contribution in [0.15, 0.2) is 24.2 Å². The van der Waals surface area contributed by atoms with Crippen molar-refractivity contribution in [2.75, 3.05) is 13.2 Å². The van der Waals surface area contributed by atoms with Crippen molar-refractivity contribution in [3.8, 4) is 0 Å². The monoisotopic (exact) mass is 500 g/mol. The van der Waals surface area contributed by atoms with E-state index in [-0.39, 0.29) is 30.8 Å². The standard InChI is InChI=1S/C29H45BO6/c1-6-33-27(31)16-12-8-10-14-24-20-25(15-11-9-13-17-28(32)34-7-2)22-26(21-24)18-19-30-35-23(3)29(4,5)36-30/h18-23H,6-17H2,1-5H3/b19-18+. The van der Waals surface area contributed by atoms with Gasteiger partial charge in [-0.25, -0.2) is 0 Å². The molecule has 1 fully saturated rings. The third kappa shape index (κ3) is 11.3. The van der Waals surface area contributed by atoms with Gasteiger partial charge in [-0.05, 0) is 89.8 Å². The van der Waals surface area contributed by atoms with Crippen molar-refractivity contribution in [2.45, 2.75) is 111 Å². The lowest BCUT2D eigenvalue weighted by molar-refractivity contribution is -0.144. The van der Waals surface area contributed by atoms with Crippen LogP contribution in [0.1, 0.15) is 103 Å². The van der Waals surface area contributed by atoms with Crippen LogP contribution in [-0.2, 0) is 41.2 Å². The first-order valence-corrected chi connectivity index (χ1v) is 13.7. The highest BCUT2D eigenvalue weighted by molar-refractivity contribution is 6.52. The second-order valence-corrected chi connectivity index (χ2v) is 10.0. The number of rotatable bonds is 16. The van der Waals surface area contributed by atoms with Gasteiger partial charge in [0.25, 0.3) is 0 Å². The lowest BCUT2D eigenvalue weighted by Gasteiger charge is -2.21. The van der Waals surface area contributed by atoms with Gasteiger partial charge in [-0.3, -0.25) is 9.59 Å². The topological polar surface area (TPSA) is 71.1 Å². The number of carbonyl (C=O) groups is 2. The molecule has 0 N–H and O–H groups in total. The lowest BCUT2D eigenvalue weighted by atomic mass is 9.88. The SMILES string of the molecule is CCOC(=O)CCCCCc1cc(/C=C/B2OC(C)C(C)(C)O2)cc(CCCCCC(=O)OCC)c1. The summed E-state index contributed by atoms with van der Waals surface area (Å²) < 4.78 is 22.0. The van der Waals surface area contributed by atoms with E-state index < -0.39 is 0 Å². The average molecular weight is 500 g/mol. The van der Waals surface area contributed by atoms with Crippen LogP contribution >= 0.6 is 0 Å². The van der Waals surface area contributed by atoms with E-state index in [0.717, 1.165) is 56.9 Å². The lowest BCUT2D eigenvalue weighted by Crippen LogP contribution is -2.30. The maximum absolute atomic E-state index is 11.5. The first-order valence-electron chi connectivity index (χ1n) is 13.7. The van der Waals surface area contributed by atoms with Gasteiger partial charge in [-0.2, -0.15) is 0 Å². The Balaban J connectivity index is 1.94. The fourth-order valence-electron chi connectivity index (χ4n) is 4.26. The summed E-state index contributed by atoms with van der Waals surface area (Å²) in [6.07, 6.45) is 10.8. The van der Waals surface area contributed by atoms with E-state index in [4.69, 9.17) is 18.8 Å². The average Bonchev–Trinajstić information content (AvgIpc) is 3.09. The van der Waals surface area contributed by atoms with Crippen LogP contribution in [0.2, 0.25) is 0 Å². The Morgan fingerprint density at radius 1 is 0.889 bits per heavy atom. The first-order chi connectivity index (χ1) is 17.2. The van der Waals surface area contributed by atoms with Crippen molar-refractivity contribution in [1.29, 1.82) is 0 Å². The number of unbranched alkanes of at least 4 members (excludes halogenated alkanes) is 4. The largest absolute Gasteiger partial charge is 0.486 e. The summed E-state index contributed by atoms with van der Waals surface area (Å²) in [5, 5.41) is 0. The van der Waals surface area contributed by atoms with Crippen molar-refractivity contribution in [3.05, 3.63) is 40.9 Å². The molecule has 0 aromatic heterocycles. The minimum atomic E-state index is -0.340. The van der Waals surface area contributed by atoms with E-state index in [1.807, 2.05) is 40.6 Å². The predicted octanol–water partition coefficient (Wildman–Crippen LogP) is 6.27. The summed E-state index contributed by atoms with van der Waals surface area (Å²) in [7, 11) is -0.340. The molecule has 1 aromatic carbocycles. The van der Waals surface area contributed by atoms with Gasteiger partial charge in [-0.1, -0.05) is 43.1 Å². The van der Waals surface area contributed by atoms with Gasteiger partial charge in [0.15, 0.2) is 0 Å². The smallest absolute Gasteiger partial charge is 0.466 e.